The minimum Gasteiger partial charge on any atom is -0.507 e. The van der Waals surface area contributed by atoms with E-state index in [9.17, 15) is 5.11 Å². The fraction of sp³-hybridized carbons (Fsp3) is 0.269. The molecule has 0 bridgehead atoms. The van der Waals surface area contributed by atoms with Gasteiger partial charge in [-0.1, -0.05) is 76.0 Å². The Morgan fingerprint density at radius 3 is 2.38 bits per heavy atom. The van der Waals surface area contributed by atoms with Crippen LogP contribution in [0.2, 0.25) is 0 Å². The van der Waals surface area contributed by atoms with Crippen molar-refractivity contribution in [3.05, 3.63) is 88.5 Å². The van der Waals surface area contributed by atoms with Gasteiger partial charge in [-0.2, -0.15) is 0 Å². The van der Waals surface area contributed by atoms with Gasteiger partial charge < -0.3 is 5.11 Å². The second kappa shape index (κ2) is 8.93. The van der Waals surface area contributed by atoms with Crippen molar-refractivity contribution in [2.45, 2.75) is 46.2 Å². The van der Waals surface area contributed by atoms with E-state index in [1.807, 2.05) is 49.5 Å². The van der Waals surface area contributed by atoms with Crippen molar-refractivity contribution in [2.75, 3.05) is 0 Å². The number of hydrogen-bond donors (Lipinski definition) is 1. The van der Waals surface area contributed by atoms with Crippen LogP contribution in [0.5, 0.6) is 5.75 Å². The van der Waals surface area contributed by atoms with Gasteiger partial charge in [0.25, 0.3) is 0 Å². The zero-order valence-corrected chi connectivity index (χ0v) is 19.0. The van der Waals surface area contributed by atoms with Crippen molar-refractivity contribution < 1.29 is 5.11 Å². The quantitative estimate of drug-likeness (QED) is 0.361. The topological polar surface area (TPSA) is 32.6 Å². The number of nitrogens with zero attached hydrogens (tertiary/aromatic N) is 1. The normalized spacial score (nSPS) is 14.0. The molecule has 0 amide bonds. The zero-order chi connectivity index (χ0) is 21.0. The summed E-state index contributed by atoms with van der Waals surface area (Å²) in [5.74, 6) is 0.430. The van der Waals surface area contributed by atoms with Gasteiger partial charge in [0.15, 0.2) is 0 Å². The van der Waals surface area contributed by atoms with E-state index in [0.29, 0.717) is 14.3 Å². The van der Waals surface area contributed by atoms with Crippen molar-refractivity contribution in [3.63, 3.8) is 0 Å². The molecular formula is C26H30NOP. The van der Waals surface area contributed by atoms with E-state index in [1.165, 1.54) is 16.4 Å². The van der Waals surface area contributed by atoms with Crippen LogP contribution in [0.4, 0.5) is 5.69 Å². The van der Waals surface area contributed by atoms with E-state index in [-0.39, 0.29) is 5.16 Å². The van der Waals surface area contributed by atoms with Gasteiger partial charge in [0, 0.05) is 22.5 Å². The maximum atomic E-state index is 10.8. The molecular weight excluding hydrogens is 373 g/mol. The Kier molecular flexibility index (Phi) is 6.55. The monoisotopic (exact) mass is 403 g/mol. The van der Waals surface area contributed by atoms with E-state index in [1.54, 1.807) is 0 Å². The molecule has 0 aliphatic heterocycles. The maximum absolute atomic E-state index is 10.8. The summed E-state index contributed by atoms with van der Waals surface area (Å²) < 4.78 is 0. The number of aryl methyl sites for hydroxylation is 3. The standard InChI is InChI=1S/C26H30NOP/c1-6-26(5,23-16-19(3)14-20(4)25(23)28)29-24-13-12-18(2)15-21(24)17-27-22-10-8-7-9-11-22/h7-17,28-29H,6H2,1-5H3/b27-17+. The average Bonchev–Trinajstić information content (AvgIpc) is 2.71. The Morgan fingerprint density at radius 1 is 0.966 bits per heavy atom. The first-order valence-electron chi connectivity index (χ1n) is 10.1. The van der Waals surface area contributed by atoms with E-state index < -0.39 is 0 Å². The molecule has 2 unspecified atom stereocenters. The highest BCUT2D eigenvalue weighted by Gasteiger charge is 2.29. The van der Waals surface area contributed by atoms with E-state index >= 15 is 0 Å². The molecule has 1 N–H and O–H groups in total. The first-order chi connectivity index (χ1) is 13.8. The number of aliphatic imine (C=N–C) groups is 1. The molecule has 150 valence electrons. The van der Waals surface area contributed by atoms with Crippen LogP contribution in [-0.4, -0.2) is 11.3 Å². The lowest BCUT2D eigenvalue weighted by atomic mass is 9.93. The average molecular weight is 404 g/mol. The van der Waals surface area contributed by atoms with Gasteiger partial charge in [0.2, 0.25) is 0 Å². The molecule has 3 rings (SSSR count). The van der Waals surface area contributed by atoms with Crippen LogP contribution >= 0.6 is 8.58 Å². The van der Waals surface area contributed by atoms with Crippen LogP contribution in [0.1, 0.15) is 48.1 Å². The summed E-state index contributed by atoms with van der Waals surface area (Å²) in [5, 5.41) is 12.0. The van der Waals surface area contributed by atoms with Gasteiger partial charge in [0.05, 0.1) is 5.69 Å². The van der Waals surface area contributed by atoms with Crippen molar-refractivity contribution in [2.24, 2.45) is 4.99 Å². The van der Waals surface area contributed by atoms with Crippen LogP contribution in [0.25, 0.3) is 0 Å². The molecule has 29 heavy (non-hydrogen) atoms. The third-order valence-electron chi connectivity index (χ3n) is 5.47. The van der Waals surface area contributed by atoms with Gasteiger partial charge in [-0.05, 0) is 56.3 Å². The number of phenolic OH excluding ortho intramolecular Hbond substituents is 1. The molecule has 0 fully saturated rings. The summed E-state index contributed by atoms with van der Waals surface area (Å²) in [5.41, 5.74) is 6.50. The Hall–Kier alpha value is -2.44. The number of para-hydroxylation sites is 1. The molecule has 0 aromatic heterocycles. The number of phenols is 1. The van der Waals surface area contributed by atoms with Gasteiger partial charge in [0.1, 0.15) is 5.75 Å². The molecule has 3 aromatic carbocycles. The predicted octanol–water partition coefficient (Wildman–Crippen LogP) is 6.70. The third-order valence-corrected chi connectivity index (χ3v) is 7.37. The highest BCUT2D eigenvalue weighted by atomic mass is 31.1. The smallest absolute Gasteiger partial charge is 0.122 e. The Bertz CT molecular complexity index is 1030. The predicted molar refractivity (Wildman–Crippen MR) is 128 cm³/mol. The van der Waals surface area contributed by atoms with Gasteiger partial charge in [-0.15, -0.1) is 0 Å². The molecule has 0 saturated heterocycles. The number of benzene rings is 3. The molecule has 0 radical (unpaired) electrons. The summed E-state index contributed by atoms with van der Waals surface area (Å²) in [6.07, 6.45) is 2.92. The Labute approximate surface area is 176 Å². The fourth-order valence-electron chi connectivity index (χ4n) is 3.58. The molecule has 3 aromatic rings. The Morgan fingerprint density at radius 2 is 1.69 bits per heavy atom. The SMILES string of the molecule is CCC(C)(Pc1ccc(C)cc1/C=N/c1ccccc1)c1cc(C)cc(C)c1O. The second-order valence-electron chi connectivity index (χ2n) is 7.97. The van der Waals surface area contributed by atoms with Crippen molar-refractivity contribution in [3.8, 4) is 5.75 Å². The maximum Gasteiger partial charge on any atom is 0.122 e. The molecule has 3 heteroatoms. The van der Waals surface area contributed by atoms with Crippen LogP contribution in [0.15, 0.2) is 65.7 Å². The van der Waals surface area contributed by atoms with Gasteiger partial charge >= 0.3 is 0 Å². The highest BCUT2D eigenvalue weighted by Crippen LogP contribution is 2.48. The van der Waals surface area contributed by atoms with E-state index in [0.717, 1.165) is 28.8 Å². The number of rotatable bonds is 6. The van der Waals surface area contributed by atoms with Crippen LogP contribution in [0.3, 0.4) is 0 Å². The van der Waals surface area contributed by atoms with Crippen molar-refractivity contribution in [1.29, 1.82) is 0 Å². The first-order valence-corrected chi connectivity index (χ1v) is 11.1. The number of hydrogen-bond acceptors (Lipinski definition) is 2. The van der Waals surface area contributed by atoms with E-state index in [2.05, 4.69) is 57.0 Å². The summed E-state index contributed by atoms with van der Waals surface area (Å²) >= 11 is 0. The molecule has 0 heterocycles. The highest BCUT2D eigenvalue weighted by molar-refractivity contribution is 7.48. The lowest BCUT2D eigenvalue weighted by molar-refractivity contribution is 0.452. The van der Waals surface area contributed by atoms with Crippen molar-refractivity contribution >= 4 is 25.8 Å². The lowest BCUT2D eigenvalue weighted by Crippen LogP contribution is -2.20. The largest absolute Gasteiger partial charge is 0.507 e. The summed E-state index contributed by atoms with van der Waals surface area (Å²) in [6.45, 7) is 10.7. The van der Waals surface area contributed by atoms with Crippen LogP contribution in [0, 0.1) is 20.8 Å². The molecule has 0 spiro atoms. The summed E-state index contributed by atoms with van der Waals surface area (Å²) in [6, 6.07) is 20.8. The summed E-state index contributed by atoms with van der Waals surface area (Å²) in [4.78, 5) is 4.68. The number of aromatic hydroxyl groups is 1. The molecule has 0 aliphatic carbocycles. The van der Waals surface area contributed by atoms with Gasteiger partial charge in [-0.25, -0.2) is 0 Å². The fourth-order valence-corrected chi connectivity index (χ4v) is 5.13. The van der Waals surface area contributed by atoms with Gasteiger partial charge in [-0.3, -0.25) is 4.99 Å². The lowest BCUT2D eigenvalue weighted by Gasteiger charge is -2.31. The molecule has 0 aliphatic rings. The molecule has 0 saturated carbocycles. The second-order valence-corrected chi connectivity index (χ2v) is 9.87. The minimum atomic E-state index is -0.133. The zero-order valence-electron chi connectivity index (χ0n) is 18.0. The van der Waals surface area contributed by atoms with Crippen LogP contribution in [-0.2, 0) is 5.16 Å². The minimum absolute atomic E-state index is 0.133. The molecule has 2 atom stereocenters. The Balaban J connectivity index is 2.01. The first kappa shape index (κ1) is 21.3. The van der Waals surface area contributed by atoms with Crippen LogP contribution < -0.4 is 5.30 Å². The van der Waals surface area contributed by atoms with E-state index in [4.69, 9.17) is 0 Å². The van der Waals surface area contributed by atoms with Crippen molar-refractivity contribution in [1.82, 2.24) is 0 Å². The summed E-state index contributed by atoms with van der Waals surface area (Å²) in [7, 11) is 0.527. The third kappa shape index (κ3) is 4.95. The molecule has 2 nitrogen and oxygen atoms in total.